The van der Waals surface area contributed by atoms with Crippen LogP contribution in [0, 0.1) is 0 Å². The molecule has 0 radical (unpaired) electrons. The lowest BCUT2D eigenvalue weighted by Gasteiger charge is -2.13. The maximum absolute atomic E-state index is 12.5. The van der Waals surface area contributed by atoms with Crippen LogP contribution in [0.1, 0.15) is 22.9 Å². The van der Waals surface area contributed by atoms with E-state index in [1.165, 1.54) is 12.1 Å². The van der Waals surface area contributed by atoms with Crippen LogP contribution >= 0.6 is 15.9 Å². The smallest absolute Gasteiger partial charge is 0.324 e. The van der Waals surface area contributed by atoms with E-state index in [9.17, 15) is 13.2 Å². The van der Waals surface area contributed by atoms with E-state index in [-0.39, 0.29) is 6.04 Å². The fraction of sp³-hybridized carbons (Fsp3) is 0.214. The minimum absolute atomic E-state index is 0.383. The van der Waals surface area contributed by atoms with E-state index >= 15 is 0 Å². The van der Waals surface area contributed by atoms with E-state index in [4.69, 9.17) is 5.73 Å². The van der Waals surface area contributed by atoms with Crippen LogP contribution in [0.2, 0.25) is 0 Å². The zero-order valence-electron chi connectivity index (χ0n) is 10.4. The van der Waals surface area contributed by atoms with Crippen LogP contribution in [0.5, 0.6) is 0 Å². The van der Waals surface area contributed by atoms with Gasteiger partial charge in [0, 0.05) is 28.8 Å². The van der Waals surface area contributed by atoms with Crippen LogP contribution in [0.25, 0.3) is 0 Å². The van der Waals surface area contributed by atoms with Gasteiger partial charge in [-0.3, -0.25) is 4.98 Å². The Balaban J connectivity index is 2.09. The number of alkyl halides is 3. The molecule has 2 nitrogen and oxygen atoms in total. The molecule has 106 valence electrons. The third-order valence-electron chi connectivity index (χ3n) is 2.88. The summed E-state index contributed by atoms with van der Waals surface area (Å²) in [5, 5.41) is 0. The topological polar surface area (TPSA) is 38.9 Å². The second-order valence-corrected chi connectivity index (χ2v) is 5.31. The molecule has 1 heterocycles. The second kappa shape index (κ2) is 5.93. The van der Waals surface area contributed by atoms with Crippen molar-refractivity contribution in [2.45, 2.75) is 18.6 Å². The van der Waals surface area contributed by atoms with Crippen molar-refractivity contribution >= 4 is 15.9 Å². The first kappa shape index (κ1) is 15.0. The molecule has 0 amide bonds. The first-order valence-corrected chi connectivity index (χ1v) is 6.69. The van der Waals surface area contributed by atoms with Gasteiger partial charge in [-0.15, -0.1) is 0 Å². The Kier molecular flexibility index (Phi) is 4.45. The molecule has 0 saturated heterocycles. The third kappa shape index (κ3) is 3.80. The SMILES string of the molecule is NC(Cc1ccc(Br)cn1)c1ccc(C(F)(F)F)cc1. The number of nitrogens with zero attached hydrogens (tertiary/aromatic N) is 1. The number of aromatic nitrogens is 1. The standard InChI is InChI=1S/C14H12BrF3N2/c15-11-5-6-12(20-8-11)7-13(19)9-1-3-10(4-2-9)14(16,17)18/h1-6,8,13H,7,19H2. The number of pyridine rings is 1. The summed E-state index contributed by atoms with van der Waals surface area (Å²) in [4.78, 5) is 4.19. The normalized spacial score (nSPS) is 13.2. The molecule has 1 aromatic carbocycles. The predicted octanol–water partition coefficient (Wildman–Crippen LogP) is 4.11. The van der Waals surface area contributed by atoms with Crippen LogP contribution in [-0.2, 0) is 12.6 Å². The van der Waals surface area contributed by atoms with Gasteiger partial charge < -0.3 is 5.73 Å². The molecule has 0 aliphatic rings. The van der Waals surface area contributed by atoms with Gasteiger partial charge in [0.05, 0.1) is 5.56 Å². The minimum Gasteiger partial charge on any atom is -0.324 e. The Bertz CT molecular complexity index is 564. The Morgan fingerprint density at radius 2 is 1.75 bits per heavy atom. The third-order valence-corrected chi connectivity index (χ3v) is 3.35. The van der Waals surface area contributed by atoms with Gasteiger partial charge in [-0.05, 0) is 45.8 Å². The highest BCUT2D eigenvalue weighted by atomic mass is 79.9. The fourth-order valence-corrected chi connectivity index (χ4v) is 2.02. The van der Waals surface area contributed by atoms with E-state index < -0.39 is 11.7 Å². The van der Waals surface area contributed by atoms with Gasteiger partial charge >= 0.3 is 6.18 Å². The first-order valence-electron chi connectivity index (χ1n) is 5.89. The highest BCUT2D eigenvalue weighted by Crippen LogP contribution is 2.30. The van der Waals surface area contributed by atoms with Gasteiger partial charge in [0.1, 0.15) is 0 Å². The van der Waals surface area contributed by atoms with E-state index in [1.807, 2.05) is 12.1 Å². The number of hydrogen-bond donors (Lipinski definition) is 1. The van der Waals surface area contributed by atoms with Crippen molar-refractivity contribution in [1.82, 2.24) is 4.98 Å². The van der Waals surface area contributed by atoms with Crippen molar-refractivity contribution in [2.75, 3.05) is 0 Å². The molecule has 6 heteroatoms. The average molecular weight is 345 g/mol. The van der Waals surface area contributed by atoms with Crippen LogP contribution < -0.4 is 5.73 Å². The first-order chi connectivity index (χ1) is 9.36. The van der Waals surface area contributed by atoms with Gasteiger partial charge in [-0.1, -0.05) is 12.1 Å². The number of benzene rings is 1. The molecular formula is C14H12BrF3N2. The summed E-state index contributed by atoms with van der Waals surface area (Å²) in [6.45, 7) is 0. The monoisotopic (exact) mass is 344 g/mol. The Morgan fingerprint density at radius 3 is 2.25 bits per heavy atom. The molecule has 0 saturated carbocycles. The Hall–Kier alpha value is -1.40. The molecule has 1 atom stereocenters. The van der Waals surface area contributed by atoms with Crippen molar-refractivity contribution in [3.8, 4) is 0 Å². The number of rotatable bonds is 3. The van der Waals surface area contributed by atoms with E-state index in [0.29, 0.717) is 12.0 Å². The molecule has 20 heavy (non-hydrogen) atoms. The summed E-state index contributed by atoms with van der Waals surface area (Å²) in [7, 11) is 0. The maximum Gasteiger partial charge on any atom is 0.416 e. The summed E-state index contributed by atoms with van der Waals surface area (Å²) >= 11 is 3.28. The second-order valence-electron chi connectivity index (χ2n) is 4.40. The molecule has 0 spiro atoms. The van der Waals surface area contributed by atoms with Crippen molar-refractivity contribution in [3.05, 3.63) is 63.9 Å². The number of halogens is 4. The molecule has 0 fully saturated rings. The molecule has 2 aromatic rings. The summed E-state index contributed by atoms with van der Waals surface area (Å²) < 4.78 is 38.2. The van der Waals surface area contributed by atoms with E-state index in [0.717, 1.165) is 22.3 Å². The summed E-state index contributed by atoms with van der Waals surface area (Å²) in [5.74, 6) is 0. The van der Waals surface area contributed by atoms with Gasteiger partial charge in [-0.2, -0.15) is 13.2 Å². The lowest BCUT2D eigenvalue weighted by molar-refractivity contribution is -0.137. The molecule has 0 bridgehead atoms. The largest absolute Gasteiger partial charge is 0.416 e. The lowest BCUT2D eigenvalue weighted by Crippen LogP contribution is -2.14. The maximum atomic E-state index is 12.5. The Morgan fingerprint density at radius 1 is 1.10 bits per heavy atom. The average Bonchev–Trinajstić information content (AvgIpc) is 2.40. The predicted molar refractivity (Wildman–Crippen MR) is 74.0 cm³/mol. The van der Waals surface area contributed by atoms with E-state index in [1.54, 1.807) is 6.20 Å². The number of hydrogen-bond acceptors (Lipinski definition) is 2. The van der Waals surface area contributed by atoms with Gasteiger partial charge in [0.15, 0.2) is 0 Å². The minimum atomic E-state index is -4.32. The van der Waals surface area contributed by atoms with Crippen LogP contribution in [-0.4, -0.2) is 4.98 Å². The molecule has 2 rings (SSSR count). The highest BCUT2D eigenvalue weighted by Gasteiger charge is 2.30. The fourth-order valence-electron chi connectivity index (χ4n) is 1.79. The van der Waals surface area contributed by atoms with Crippen molar-refractivity contribution in [3.63, 3.8) is 0 Å². The summed E-state index contributed by atoms with van der Waals surface area (Å²) in [5.41, 5.74) is 6.77. The van der Waals surface area contributed by atoms with Crippen LogP contribution in [0.15, 0.2) is 47.1 Å². The van der Waals surface area contributed by atoms with Crippen molar-refractivity contribution < 1.29 is 13.2 Å². The van der Waals surface area contributed by atoms with E-state index in [2.05, 4.69) is 20.9 Å². The van der Waals surface area contributed by atoms with Gasteiger partial charge in [0.25, 0.3) is 0 Å². The van der Waals surface area contributed by atoms with Gasteiger partial charge in [-0.25, -0.2) is 0 Å². The molecular weight excluding hydrogens is 333 g/mol. The van der Waals surface area contributed by atoms with Crippen molar-refractivity contribution in [2.24, 2.45) is 5.73 Å². The summed E-state index contributed by atoms with van der Waals surface area (Å²) in [6.07, 6.45) is -2.19. The Labute approximate surface area is 123 Å². The zero-order chi connectivity index (χ0) is 14.8. The molecule has 1 aromatic heterocycles. The molecule has 1 unspecified atom stereocenters. The number of nitrogens with two attached hydrogens (primary N) is 1. The van der Waals surface area contributed by atoms with Crippen LogP contribution in [0.3, 0.4) is 0 Å². The molecule has 2 N–H and O–H groups in total. The summed E-state index contributed by atoms with van der Waals surface area (Å²) in [6, 6.07) is 8.20. The van der Waals surface area contributed by atoms with Crippen LogP contribution in [0.4, 0.5) is 13.2 Å². The molecule has 0 aliphatic heterocycles. The quantitative estimate of drug-likeness (QED) is 0.910. The highest BCUT2D eigenvalue weighted by molar-refractivity contribution is 9.10. The van der Waals surface area contributed by atoms with Gasteiger partial charge in [0.2, 0.25) is 0 Å². The molecule has 0 aliphatic carbocycles. The van der Waals surface area contributed by atoms with Crippen molar-refractivity contribution in [1.29, 1.82) is 0 Å². The lowest BCUT2D eigenvalue weighted by atomic mass is 10.0. The zero-order valence-corrected chi connectivity index (χ0v) is 11.9.